The molecule has 0 atom stereocenters. The molecule has 0 unspecified atom stereocenters. The van der Waals surface area contributed by atoms with Gasteiger partial charge in [-0.25, -0.2) is 50.5 Å². The van der Waals surface area contributed by atoms with E-state index in [2.05, 4.69) is 10.9 Å². The minimum atomic E-state index is -5.43. The maximum atomic E-state index is 9.29. The van der Waals surface area contributed by atoms with Gasteiger partial charge in [0.15, 0.2) is 0 Å². The van der Waals surface area contributed by atoms with Crippen LogP contribution in [0.15, 0.2) is 0 Å². The fourth-order valence-electron chi connectivity index (χ4n) is 0.306. The van der Waals surface area contributed by atoms with Crippen LogP contribution in [0.1, 0.15) is 0 Å². The van der Waals surface area contributed by atoms with Crippen LogP contribution in [0.3, 0.4) is 0 Å². The van der Waals surface area contributed by atoms with Crippen molar-refractivity contribution in [3.63, 3.8) is 0 Å². The van der Waals surface area contributed by atoms with Gasteiger partial charge in [0.2, 0.25) is 62.4 Å². The van der Waals surface area contributed by atoms with Crippen LogP contribution < -0.4 is 0 Å². The maximum Gasteiger partial charge on any atom is 3.00 e. The molecule has 0 aliphatic rings. The van der Waals surface area contributed by atoms with Crippen molar-refractivity contribution in [2.24, 2.45) is 0 Å². The van der Waals surface area contributed by atoms with Crippen LogP contribution >= 0.6 is 19.8 Å². The van der Waals surface area contributed by atoms with Gasteiger partial charge in [0.1, 0.15) is 0 Å². The Hall–Kier alpha value is 0.200. The van der Waals surface area contributed by atoms with E-state index in [1.54, 1.807) is 0 Å². The van der Waals surface area contributed by atoms with Crippen molar-refractivity contribution in [2.45, 2.75) is 0 Å². The van der Waals surface area contributed by atoms with Crippen LogP contribution in [0.25, 0.3) is 0 Å². The van der Waals surface area contributed by atoms with E-state index in [4.69, 9.17) is 0 Å². The summed E-state index contributed by atoms with van der Waals surface area (Å²) in [4.78, 5) is 0. The minimum absolute atomic E-state index is 0. The first-order valence-electron chi connectivity index (χ1n) is 4.00. The number of hydrogen-bond donors (Lipinski definition) is 0. The molecule has 0 amide bonds. The van der Waals surface area contributed by atoms with Gasteiger partial charge >= 0.3 is 19.8 Å². The second kappa shape index (κ2) is 13.6. The first-order chi connectivity index (χ1) is 11.1. The molecule has 0 saturated carbocycles. The zero-order valence-corrected chi connectivity index (χ0v) is 18.6. The van der Waals surface area contributed by atoms with Crippen LogP contribution in [-0.2, 0) is 73.3 Å². The van der Waals surface area contributed by atoms with Gasteiger partial charge in [0.05, 0.1) is 0 Å². The molecular weight excluding hydrogens is 590 g/mol. The molecule has 0 rings (SSSR count). The minimum Gasteiger partial charge on any atom is -0.725 e. The summed E-state index contributed by atoms with van der Waals surface area (Å²) in [6.07, 6.45) is 0. The third kappa shape index (κ3) is 58.4. The fourth-order valence-corrected chi connectivity index (χ4v) is 2.76. The molecule has 172 valence electrons. The summed E-state index contributed by atoms with van der Waals surface area (Å²) in [7, 11) is -32.6. The van der Waals surface area contributed by atoms with E-state index in [0.717, 1.165) is 0 Å². The monoisotopic (exact) mass is 590 g/mol. The molecule has 21 nitrogen and oxygen atoms in total. The van der Waals surface area contributed by atoms with Crippen molar-refractivity contribution in [1.29, 1.82) is 0 Å². The summed E-state index contributed by atoms with van der Waals surface area (Å²) >= 11 is 0. The van der Waals surface area contributed by atoms with E-state index in [1.807, 2.05) is 0 Å². The topological polar surface area (TPSA) is 371 Å². The molecule has 0 aromatic heterocycles. The van der Waals surface area contributed by atoms with Crippen LogP contribution in [0, 0.1) is 0 Å². The summed E-state index contributed by atoms with van der Waals surface area (Å²) < 4.78 is 175. The van der Waals surface area contributed by atoms with E-state index in [0.29, 0.717) is 0 Å². The van der Waals surface area contributed by atoms with E-state index in [9.17, 15) is 77.8 Å². The Bertz CT molecular complexity index is 854. The molecule has 0 saturated heterocycles. The van der Waals surface area contributed by atoms with Gasteiger partial charge in [-0.2, -0.15) is 10.9 Å². The summed E-state index contributed by atoms with van der Waals surface area (Å²) in [5.41, 5.74) is 0. The predicted octanol–water partition coefficient (Wildman–Crippen LogP) is -4.51. The van der Waals surface area contributed by atoms with Gasteiger partial charge in [-0.1, -0.05) is 0 Å². The Balaban J connectivity index is -0.0000000960. The molecule has 0 aromatic carbocycles. The Kier molecular flexibility index (Phi) is 18.6. The number of rotatable bonds is 6. The second-order valence-corrected chi connectivity index (χ2v) is 9.19. The summed E-state index contributed by atoms with van der Waals surface area (Å²) in [5.74, 6) is 0. The zero-order chi connectivity index (χ0) is 23.1. The largest absolute Gasteiger partial charge is 3.00 e. The fraction of sp³-hybridized carbons (Fsp3) is 0. The van der Waals surface area contributed by atoms with Crippen LogP contribution in [0.4, 0.5) is 0 Å². The molecule has 0 aromatic rings. The zero-order valence-electron chi connectivity index (χ0n) is 11.9. The number of hydrogen-bond acceptors (Lipinski definition) is 21. The quantitative estimate of drug-likeness (QED) is 0.160. The SMILES string of the molecule is O=S(=O)([O-])OS(=O)(=O)[O-].O=S(=O)([O-])OS(=O)(=O)[O-].O=S(=O)([O-])OS(=O)(=O)[O-].[P+3].[P+3]. The molecule has 0 bridgehead atoms. The predicted molar refractivity (Wildman–Crippen MR) is 75.3 cm³/mol. The molecule has 0 aliphatic heterocycles. The molecule has 0 fully saturated rings. The molecule has 29 heavy (non-hydrogen) atoms. The van der Waals surface area contributed by atoms with E-state index >= 15 is 0 Å². The van der Waals surface area contributed by atoms with Gasteiger partial charge in [-0.3, -0.25) is 0 Å². The average Bonchev–Trinajstić information content (AvgIpc) is 1.96. The molecule has 0 N–H and O–H groups in total. The van der Waals surface area contributed by atoms with Crippen molar-refractivity contribution in [2.75, 3.05) is 0 Å². The van der Waals surface area contributed by atoms with Crippen LogP contribution in [0.2, 0.25) is 0 Å². The maximum absolute atomic E-state index is 9.29. The normalized spacial score (nSPS) is 12.6. The van der Waals surface area contributed by atoms with Crippen molar-refractivity contribution in [3.05, 3.63) is 0 Å². The summed E-state index contributed by atoms with van der Waals surface area (Å²) in [5, 5.41) is 0. The molecular formula is O21P2S6. The van der Waals surface area contributed by atoms with E-state index in [-0.39, 0.29) is 19.8 Å². The molecule has 0 spiro atoms. The summed E-state index contributed by atoms with van der Waals surface area (Å²) in [6, 6.07) is 0. The van der Waals surface area contributed by atoms with Crippen LogP contribution in [0.5, 0.6) is 0 Å². The smallest absolute Gasteiger partial charge is 0.725 e. The Labute approximate surface area is 170 Å². The summed E-state index contributed by atoms with van der Waals surface area (Å²) in [6.45, 7) is 0. The Morgan fingerprint density at radius 2 is 0.379 bits per heavy atom. The van der Waals surface area contributed by atoms with Gasteiger partial charge in [0.25, 0.3) is 0 Å². The third-order valence-electron chi connectivity index (χ3n) is 0.500. The molecule has 0 aliphatic carbocycles. The van der Waals surface area contributed by atoms with Crippen molar-refractivity contribution >= 4 is 82.2 Å². The van der Waals surface area contributed by atoms with Gasteiger partial charge in [-0.15, -0.1) is 0 Å². The molecule has 4 radical (unpaired) electrons. The van der Waals surface area contributed by atoms with Crippen molar-refractivity contribution in [1.82, 2.24) is 0 Å². The molecule has 29 heteroatoms. The van der Waals surface area contributed by atoms with Crippen molar-refractivity contribution in [3.8, 4) is 0 Å². The van der Waals surface area contributed by atoms with E-state index < -0.39 is 62.4 Å². The standard InChI is InChI=1S/3H2O7S2.2P/c3*1-8(2,3)7-9(4,5)6;;/h3*(H,1,2,3)(H,4,5,6);;/q;;;2*+3/p-6. The second-order valence-electron chi connectivity index (χ2n) is 2.65. The van der Waals surface area contributed by atoms with Gasteiger partial charge < -0.3 is 27.3 Å². The van der Waals surface area contributed by atoms with Crippen LogP contribution in [-0.4, -0.2) is 77.8 Å². The van der Waals surface area contributed by atoms with Crippen molar-refractivity contribution < 1.29 is 88.7 Å². The van der Waals surface area contributed by atoms with Gasteiger partial charge in [-0.05, 0) is 0 Å². The van der Waals surface area contributed by atoms with E-state index in [1.165, 1.54) is 0 Å². The first kappa shape index (κ1) is 39.7. The average molecular weight is 590 g/mol. The third-order valence-corrected chi connectivity index (χ3v) is 4.50. The Morgan fingerprint density at radius 3 is 0.379 bits per heavy atom. The molecule has 0 heterocycles. The van der Waals surface area contributed by atoms with Gasteiger partial charge in [0, 0.05) is 0 Å². The first-order valence-corrected chi connectivity index (χ1v) is 12.0. The Morgan fingerprint density at radius 1 is 0.310 bits per heavy atom.